The fourth-order valence-corrected chi connectivity index (χ4v) is 4.65. The van der Waals surface area contributed by atoms with Gasteiger partial charge in [-0.1, -0.05) is 30.3 Å². The van der Waals surface area contributed by atoms with E-state index in [1.807, 2.05) is 67.9 Å². The smallest absolute Gasteiger partial charge is 0.410 e. The average Bonchev–Trinajstić information content (AvgIpc) is 3.54. The predicted octanol–water partition coefficient (Wildman–Crippen LogP) is 5.39. The van der Waals surface area contributed by atoms with Gasteiger partial charge in [0.25, 0.3) is 0 Å². The average molecular weight is 530 g/mol. The molecule has 0 saturated heterocycles. The summed E-state index contributed by atoms with van der Waals surface area (Å²) in [6.45, 7) is 6.88. The van der Waals surface area contributed by atoms with E-state index in [0.29, 0.717) is 42.1 Å². The van der Waals surface area contributed by atoms with E-state index in [0.717, 1.165) is 27.8 Å². The van der Waals surface area contributed by atoms with Crippen LogP contribution in [-0.2, 0) is 17.8 Å². The molecule has 1 aliphatic rings. The van der Waals surface area contributed by atoms with Crippen LogP contribution in [0.2, 0.25) is 0 Å². The number of pyridine rings is 1. The quantitative estimate of drug-likeness (QED) is 0.360. The number of amides is 1. The fraction of sp³-hybridized carbons (Fsp3) is 0.300. The lowest BCUT2D eigenvalue weighted by molar-refractivity contribution is 0.0306. The molecule has 0 bridgehead atoms. The maximum absolute atomic E-state index is 14.8. The molecule has 5 rings (SSSR count). The number of ether oxygens (including phenoxy) is 2. The number of rotatable bonds is 6. The second kappa shape index (κ2) is 10.5. The SMILES string of the molecule is COc1ccc(Cn2nc(C3=CCN(C(=O)OC(C)(C)C)C3)c3c(-c4ccc(CN)c(F)c4)ccnc32)cc1. The number of carbonyl (C=O) groups is 1. The van der Waals surface area contributed by atoms with Crippen LogP contribution in [0.5, 0.6) is 5.75 Å². The summed E-state index contributed by atoms with van der Waals surface area (Å²) >= 11 is 0. The Labute approximate surface area is 226 Å². The van der Waals surface area contributed by atoms with Crippen LogP contribution in [0.15, 0.2) is 60.8 Å². The summed E-state index contributed by atoms with van der Waals surface area (Å²) in [5.74, 6) is 0.412. The van der Waals surface area contributed by atoms with Crippen LogP contribution in [0.25, 0.3) is 27.7 Å². The first-order valence-corrected chi connectivity index (χ1v) is 12.8. The van der Waals surface area contributed by atoms with Crippen molar-refractivity contribution in [3.63, 3.8) is 0 Å². The molecule has 2 aromatic carbocycles. The lowest BCUT2D eigenvalue weighted by atomic mass is 9.98. The molecule has 0 spiro atoms. The number of halogens is 1. The van der Waals surface area contributed by atoms with Crippen molar-refractivity contribution in [3.8, 4) is 16.9 Å². The monoisotopic (exact) mass is 529 g/mol. The second-order valence-electron chi connectivity index (χ2n) is 10.5. The van der Waals surface area contributed by atoms with Crippen molar-refractivity contribution < 1.29 is 18.7 Å². The third-order valence-electron chi connectivity index (χ3n) is 6.58. The van der Waals surface area contributed by atoms with Gasteiger partial charge in [-0.25, -0.2) is 18.9 Å². The minimum atomic E-state index is -0.594. The minimum absolute atomic E-state index is 0.121. The zero-order chi connectivity index (χ0) is 27.7. The zero-order valence-electron chi connectivity index (χ0n) is 22.6. The topological polar surface area (TPSA) is 95.5 Å². The van der Waals surface area contributed by atoms with Crippen molar-refractivity contribution in [2.75, 3.05) is 20.2 Å². The Kier molecular flexibility index (Phi) is 7.10. The number of methoxy groups -OCH3 is 1. The molecule has 8 nitrogen and oxygen atoms in total. The van der Waals surface area contributed by atoms with Crippen LogP contribution in [0.1, 0.15) is 37.6 Å². The summed E-state index contributed by atoms with van der Waals surface area (Å²) in [4.78, 5) is 19.1. The highest BCUT2D eigenvalue weighted by molar-refractivity contribution is 6.01. The second-order valence-corrected chi connectivity index (χ2v) is 10.5. The number of nitrogens with two attached hydrogens (primary N) is 1. The molecule has 0 atom stereocenters. The molecule has 39 heavy (non-hydrogen) atoms. The van der Waals surface area contributed by atoms with Gasteiger partial charge in [-0.15, -0.1) is 0 Å². The van der Waals surface area contributed by atoms with Crippen LogP contribution in [0, 0.1) is 5.82 Å². The largest absolute Gasteiger partial charge is 0.497 e. The summed E-state index contributed by atoms with van der Waals surface area (Å²) in [6, 6.07) is 14.7. The van der Waals surface area contributed by atoms with Gasteiger partial charge in [-0.2, -0.15) is 5.10 Å². The molecule has 3 heterocycles. The Balaban J connectivity index is 1.59. The highest BCUT2D eigenvalue weighted by Crippen LogP contribution is 2.36. The lowest BCUT2D eigenvalue weighted by Crippen LogP contribution is -2.35. The number of fused-ring (bicyclic) bond motifs is 1. The van der Waals surface area contributed by atoms with E-state index < -0.39 is 5.60 Å². The number of hydrogen-bond acceptors (Lipinski definition) is 6. The molecule has 0 aliphatic carbocycles. The van der Waals surface area contributed by atoms with Crippen molar-refractivity contribution in [1.82, 2.24) is 19.7 Å². The molecule has 1 aliphatic heterocycles. The van der Waals surface area contributed by atoms with E-state index in [1.54, 1.807) is 24.3 Å². The van der Waals surface area contributed by atoms with E-state index in [9.17, 15) is 9.18 Å². The van der Waals surface area contributed by atoms with E-state index in [1.165, 1.54) is 6.07 Å². The lowest BCUT2D eigenvalue weighted by Gasteiger charge is -2.24. The van der Waals surface area contributed by atoms with Crippen molar-refractivity contribution >= 4 is 22.7 Å². The Hall–Kier alpha value is -4.24. The van der Waals surface area contributed by atoms with Gasteiger partial charge >= 0.3 is 6.09 Å². The van der Waals surface area contributed by atoms with Gasteiger partial charge in [0.2, 0.25) is 0 Å². The molecule has 0 saturated carbocycles. The van der Waals surface area contributed by atoms with Gasteiger partial charge in [0.1, 0.15) is 17.2 Å². The van der Waals surface area contributed by atoms with Crippen molar-refractivity contribution in [1.29, 1.82) is 0 Å². The molecular formula is C30H32FN5O3. The third kappa shape index (κ3) is 5.49. The number of hydrogen-bond donors (Lipinski definition) is 1. The molecular weight excluding hydrogens is 497 g/mol. The number of aromatic nitrogens is 3. The molecule has 1 amide bonds. The first kappa shape index (κ1) is 26.4. The van der Waals surface area contributed by atoms with Crippen LogP contribution in [0.3, 0.4) is 0 Å². The summed E-state index contributed by atoms with van der Waals surface area (Å²) in [6.07, 6.45) is 3.31. The molecule has 2 aromatic heterocycles. The van der Waals surface area contributed by atoms with Gasteiger partial charge in [0.05, 0.1) is 31.3 Å². The van der Waals surface area contributed by atoms with Gasteiger partial charge in [0, 0.05) is 24.8 Å². The van der Waals surface area contributed by atoms with E-state index in [4.69, 9.17) is 20.3 Å². The maximum Gasteiger partial charge on any atom is 0.410 e. The molecule has 9 heteroatoms. The van der Waals surface area contributed by atoms with Crippen LogP contribution in [0.4, 0.5) is 9.18 Å². The summed E-state index contributed by atoms with van der Waals surface area (Å²) in [7, 11) is 1.63. The Bertz CT molecular complexity index is 1550. The van der Waals surface area contributed by atoms with Crippen molar-refractivity contribution in [3.05, 3.63) is 83.4 Å². The maximum atomic E-state index is 14.8. The van der Waals surface area contributed by atoms with E-state index in [-0.39, 0.29) is 18.5 Å². The van der Waals surface area contributed by atoms with Crippen molar-refractivity contribution in [2.45, 2.75) is 39.5 Å². The Morgan fingerprint density at radius 2 is 1.90 bits per heavy atom. The predicted molar refractivity (Wildman–Crippen MR) is 149 cm³/mol. The van der Waals surface area contributed by atoms with Gasteiger partial charge < -0.3 is 20.1 Å². The highest BCUT2D eigenvalue weighted by Gasteiger charge is 2.29. The van der Waals surface area contributed by atoms with Crippen LogP contribution >= 0.6 is 0 Å². The normalized spacial score (nSPS) is 13.6. The Morgan fingerprint density at radius 3 is 2.56 bits per heavy atom. The summed E-state index contributed by atoms with van der Waals surface area (Å²) in [5.41, 5.74) is 10.3. The minimum Gasteiger partial charge on any atom is -0.497 e. The first-order chi connectivity index (χ1) is 18.7. The standard InChI is InChI=1S/C30H32FN5O3/c1-30(2,3)39-29(37)35-14-12-22(18-35)27-26-24(20-7-8-21(16-32)25(31)15-20)11-13-33-28(26)36(34-27)17-19-5-9-23(38-4)10-6-19/h5-13,15H,14,16-18,32H2,1-4H3. The van der Waals surface area contributed by atoms with Gasteiger partial charge in [0.15, 0.2) is 5.65 Å². The molecule has 202 valence electrons. The zero-order valence-corrected chi connectivity index (χ0v) is 22.6. The number of benzene rings is 2. The number of carbonyl (C=O) groups excluding carboxylic acids is 1. The summed E-state index contributed by atoms with van der Waals surface area (Å²) in [5, 5.41) is 5.78. The highest BCUT2D eigenvalue weighted by atomic mass is 19.1. The van der Waals surface area contributed by atoms with Crippen LogP contribution in [-0.4, -0.2) is 51.6 Å². The Morgan fingerprint density at radius 1 is 1.13 bits per heavy atom. The number of nitrogens with zero attached hydrogens (tertiary/aromatic N) is 4. The molecule has 0 unspecified atom stereocenters. The first-order valence-electron chi connectivity index (χ1n) is 12.8. The fourth-order valence-electron chi connectivity index (χ4n) is 4.65. The van der Waals surface area contributed by atoms with Gasteiger partial charge in [-0.3, -0.25) is 0 Å². The van der Waals surface area contributed by atoms with Crippen LogP contribution < -0.4 is 10.5 Å². The third-order valence-corrected chi connectivity index (χ3v) is 6.58. The van der Waals surface area contributed by atoms with Gasteiger partial charge in [-0.05, 0) is 67.3 Å². The van der Waals surface area contributed by atoms with E-state index in [2.05, 4.69) is 4.98 Å². The molecule has 0 radical (unpaired) electrons. The summed E-state index contributed by atoms with van der Waals surface area (Å²) < 4.78 is 27.5. The van der Waals surface area contributed by atoms with E-state index >= 15 is 0 Å². The molecule has 0 fully saturated rings. The molecule has 4 aromatic rings. The molecule has 2 N–H and O–H groups in total. The van der Waals surface area contributed by atoms with Crippen molar-refractivity contribution in [2.24, 2.45) is 5.73 Å².